The topological polar surface area (TPSA) is 52.6 Å². The number of benzene rings is 1. The van der Waals surface area contributed by atoms with Crippen LogP contribution in [-0.2, 0) is 9.47 Å². The molecule has 1 aromatic rings. The van der Waals surface area contributed by atoms with E-state index >= 15 is 0 Å². The van der Waals surface area contributed by atoms with Crippen molar-refractivity contribution < 1.29 is 19.1 Å². The molecule has 1 aromatic carbocycles. The number of hydrogen-bond acceptors (Lipinski definition) is 4. The van der Waals surface area contributed by atoms with Crippen molar-refractivity contribution in [2.45, 2.75) is 45.1 Å². The van der Waals surface area contributed by atoms with Crippen molar-refractivity contribution in [3.05, 3.63) is 34.9 Å². The number of carbonyl (C=O) groups excluding carboxylic acids is 2. The lowest BCUT2D eigenvalue weighted by Gasteiger charge is -2.22. The van der Waals surface area contributed by atoms with Crippen LogP contribution < -0.4 is 0 Å². The zero-order valence-electron chi connectivity index (χ0n) is 12.0. The molecule has 4 heteroatoms. The normalized spacial score (nSPS) is 15.7. The van der Waals surface area contributed by atoms with Gasteiger partial charge in [-0.15, -0.1) is 0 Å². The third kappa shape index (κ3) is 3.38. The summed E-state index contributed by atoms with van der Waals surface area (Å²) in [7, 11) is 1.30. The highest BCUT2D eigenvalue weighted by atomic mass is 16.5. The number of aryl methyl sites for hydroxylation is 1. The lowest BCUT2D eigenvalue weighted by atomic mass is 9.97. The van der Waals surface area contributed by atoms with E-state index in [1.165, 1.54) is 13.5 Å². The first-order valence-corrected chi connectivity index (χ1v) is 7.01. The number of carbonyl (C=O) groups is 2. The molecular formula is C16H20O4. The molecule has 0 bridgehead atoms. The first-order valence-electron chi connectivity index (χ1n) is 7.01. The Morgan fingerprint density at radius 3 is 2.40 bits per heavy atom. The highest BCUT2D eigenvalue weighted by Crippen LogP contribution is 2.22. The first-order chi connectivity index (χ1) is 9.61. The smallest absolute Gasteiger partial charge is 0.339 e. The van der Waals surface area contributed by atoms with Crippen molar-refractivity contribution in [3.8, 4) is 0 Å². The van der Waals surface area contributed by atoms with Crippen LogP contribution in [0.1, 0.15) is 58.4 Å². The van der Waals surface area contributed by atoms with Crippen LogP contribution in [0.2, 0.25) is 0 Å². The fourth-order valence-electron chi connectivity index (χ4n) is 2.51. The Bertz CT molecular complexity index is 501. The Balaban J connectivity index is 2.19. The Morgan fingerprint density at radius 2 is 1.75 bits per heavy atom. The van der Waals surface area contributed by atoms with Gasteiger partial charge in [0, 0.05) is 0 Å². The molecule has 0 radical (unpaired) electrons. The predicted octanol–water partition coefficient (Wildman–Crippen LogP) is 3.27. The molecule has 0 aromatic heterocycles. The maximum absolute atomic E-state index is 12.3. The average Bonchev–Trinajstić information content (AvgIpc) is 2.47. The van der Waals surface area contributed by atoms with Crippen molar-refractivity contribution in [2.75, 3.05) is 7.11 Å². The Labute approximate surface area is 119 Å². The maximum Gasteiger partial charge on any atom is 0.339 e. The van der Waals surface area contributed by atoms with Gasteiger partial charge in [-0.3, -0.25) is 0 Å². The van der Waals surface area contributed by atoms with E-state index in [-0.39, 0.29) is 11.7 Å². The van der Waals surface area contributed by atoms with E-state index in [0.717, 1.165) is 31.2 Å². The van der Waals surface area contributed by atoms with E-state index in [2.05, 4.69) is 0 Å². The summed E-state index contributed by atoms with van der Waals surface area (Å²) < 4.78 is 10.2. The molecule has 1 aliphatic carbocycles. The fraction of sp³-hybridized carbons (Fsp3) is 0.500. The van der Waals surface area contributed by atoms with E-state index in [4.69, 9.17) is 9.47 Å². The second-order valence-corrected chi connectivity index (χ2v) is 5.21. The van der Waals surface area contributed by atoms with Gasteiger partial charge in [-0.1, -0.05) is 18.1 Å². The zero-order chi connectivity index (χ0) is 14.5. The molecule has 1 aliphatic rings. The second kappa shape index (κ2) is 6.55. The maximum atomic E-state index is 12.3. The van der Waals surface area contributed by atoms with Crippen LogP contribution in [0, 0.1) is 6.92 Å². The summed E-state index contributed by atoms with van der Waals surface area (Å²) >= 11 is 0. The fourth-order valence-corrected chi connectivity index (χ4v) is 2.51. The quantitative estimate of drug-likeness (QED) is 0.795. The zero-order valence-corrected chi connectivity index (χ0v) is 12.0. The van der Waals surface area contributed by atoms with Crippen molar-refractivity contribution in [2.24, 2.45) is 0 Å². The lowest BCUT2D eigenvalue weighted by Crippen LogP contribution is -2.22. The van der Waals surface area contributed by atoms with Gasteiger partial charge in [0.05, 0.1) is 18.2 Å². The van der Waals surface area contributed by atoms with Crippen LogP contribution in [0.3, 0.4) is 0 Å². The van der Waals surface area contributed by atoms with Gasteiger partial charge in [0.25, 0.3) is 0 Å². The minimum atomic E-state index is -0.513. The Hall–Kier alpha value is -1.84. The van der Waals surface area contributed by atoms with E-state index in [9.17, 15) is 9.59 Å². The molecule has 2 rings (SSSR count). The standard InChI is InChI=1S/C16H20O4/c1-11-8-9-13(15(17)19-2)14(10-11)16(18)20-12-6-4-3-5-7-12/h8-10,12H,3-7H2,1-2H3. The summed E-state index contributed by atoms with van der Waals surface area (Å²) in [6, 6.07) is 5.07. The summed E-state index contributed by atoms with van der Waals surface area (Å²) in [6.45, 7) is 1.87. The molecule has 4 nitrogen and oxygen atoms in total. The molecule has 0 unspecified atom stereocenters. The first kappa shape index (κ1) is 14.6. The summed E-state index contributed by atoms with van der Waals surface area (Å²) in [4.78, 5) is 24.0. The summed E-state index contributed by atoms with van der Waals surface area (Å²) in [5, 5.41) is 0. The molecule has 0 N–H and O–H groups in total. The van der Waals surface area contributed by atoms with Crippen molar-refractivity contribution in [1.29, 1.82) is 0 Å². The van der Waals surface area contributed by atoms with Crippen LogP contribution in [0.25, 0.3) is 0 Å². The second-order valence-electron chi connectivity index (χ2n) is 5.21. The molecule has 0 amide bonds. The van der Waals surface area contributed by atoms with Gasteiger partial charge >= 0.3 is 11.9 Å². The molecule has 0 saturated heterocycles. The van der Waals surface area contributed by atoms with Crippen LogP contribution in [0.15, 0.2) is 18.2 Å². The molecule has 1 saturated carbocycles. The molecule has 20 heavy (non-hydrogen) atoms. The number of rotatable bonds is 3. The summed E-state index contributed by atoms with van der Waals surface area (Å²) in [6.07, 6.45) is 5.18. The van der Waals surface area contributed by atoms with Crippen LogP contribution >= 0.6 is 0 Å². The van der Waals surface area contributed by atoms with Gasteiger partial charge in [-0.2, -0.15) is 0 Å². The van der Waals surface area contributed by atoms with E-state index in [1.807, 2.05) is 6.92 Å². The summed E-state index contributed by atoms with van der Waals surface area (Å²) in [5.41, 5.74) is 1.47. The Morgan fingerprint density at radius 1 is 1.05 bits per heavy atom. The van der Waals surface area contributed by atoms with E-state index in [1.54, 1.807) is 18.2 Å². The molecule has 0 heterocycles. The molecule has 108 valence electrons. The number of hydrogen-bond donors (Lipinski definition) is 0. The number of ether oxygens (including phenoxy) is 2. The van der Waals surface area contributed by atoms with Gasteiger partial charge < -0.3 is 9.47 Å². The van der Waals surface area contributed by atoms with Crippen LogP contribution in [0.5, 0.6) is 0 Å². The van der Waals surface area contributed by atoms with Gasteiger partial charge in [0.2, 0.25) is 0 Å². The van der Waals surface area contributed by atoms with Gasteiger partial charge in [-0.25, -0.2) is 9.59 Å². The van der Waals surface area contributed by atoms with Crippen LogP contribution in [-0.4, -0.2) is 25.2 Å². The van der Waals surface area contributed by atoms with Gasteiger partial charge in [0.15, 0.2) is 0 Å². The van der Waals surface area contributed by atoms with Crippen molar-refractivity contribution in [1.82, 2.24) is 0 Å². The largest absolute Gasteiger partial charge is 0.465 e. The summed E-state index contributed by atoms with van der Waals surface area (Å²) in [5.74, 6) is -0.943. The number of esters is 2. The lowest BCUT2D eigenvalue weighted by molar-refractivity contribution is 0.0205. The van der Waals surface area contributed by atoms with E-state index in [0.29, 0.717) is 5.56 Å². The monoisotopic (exact) mass is 276 g/mol. The molecular weight excluding hydrogens is 256 g/mol. The van der Waals surface area contributed by atoms with E-state index < -0.39 is 11.9 Å². The number of methoxy groups -OCH3 is 1. The molecule has 0 atom stereocenters. The van der Waals surface area contributed by atoms with Gasteiger partial charge in [0.1, 0.15) is 6.10 Å². The molecule has 0 aliphatic heterocycles. The minimum Gasteiger partial charge on any atom is -0.465 e. The molecule has 0 spiro atoms. The highest BCUT2D eigenvalue weighted by molar-refractivity contribution is 6.03. The van der Waals surface area contributed by atoms with Crippen LogP contribution in [0.4, 0.5) is 0 Å². The predicted molar refractivity (Wildman–Crippen MR) is 74.8 cm³/mol. The minimum absolute atomic E-state index is 0.0257. The highest BCUT2D eigenvalue weighted by Gasteiger charge is 2.23. The van der Waals surface area contributed by atoms with Gasteiger partial charge in [-0.05, 0) is 44.7 Å². The third-order valence-corrected chi connectivity index (χ3v) is 3.63. The average molecular weight is 276 g/mol. The third-order valence-electron chi connectivity index (χ3n) is 3.63. The molecule has 1 fully saturated rings. The Kier molecular flexibility index (Phi) is 4.77. The van der Waals surface area contributed by atoms with Crippen molar-refractivity contribution in [3.63, 3.8) is 0 Å². The SMILES string of the molecule is COC(=O)c1ccc(C)cc1C(=O)OC1CCCCC1. The van der Waals surface area contributed by atoms with Crippen molar-refractivity contribution >= 4 is 11.9 Å².